The Labute approximate surface area is 270 Å². The number of piperazine rings is 1. The van der Waals surface area contributed by atoms with E-state index < -0.39 is 0 Å². The van der Waals surface area contributed by atoms with Crippen molar-refractivity contribution in [2.45, 2.75) is 75.4 Å². The van der Waals surface area contributed by atoms with E-state index >= 15 is 0 Å². The van der Waals surface area contributed by atoms with Gasteiger partial charge < -0.3 is 16.0 Å². The molecule has 5 rings (SSSR count). The van der Waals surface area contributed by atoms with Gasteiger partial charge in [-0.25, -0.2) is 0 Å². The lowest BCUT2D eigenvalue weighted by atomic mass is 9.98. The molecule has 2 fully saturated rings. The van der Waals surface area contributed by atoms with E-state index in [4.69, 9.17) is 11.6 Å². The van der Waals surface area contributed by atoms with Gasteiger partial charge in [0.25, 0.3) is 0 Å². The SMILES string of the molecule is C=C(CC1c2ccccc2CN1C)NC(Cc1ccc(Cl)cc1)C(=C)N1CCN(C(SC)C2CCCCCC2)CC1.CN. The molecule has 0 spiro atoms. The minimum atomic E-state index is 0.0929. The van der Waals surface area contributed by atoms with Gasteiger partial charge in [0.1, 0.15) is 0 Å². The van der Waals surface area contributed by atoms with Gasteiger partial charge in [-0.05, 0) is 74.4 Å². The molecule has 0 radical (unpaired) electrons. The van der Waals surface area contributed by atoms with E-state index in [0.29, 0.717) is 11.4 Å². The number of hydrogen-bond acceptors (Lipinski definition) is 6. The van der Waals surface area contributed by atoms with Crippen LogP contribution in [0.25, 0.3) is 0 Å². The Hall–Kier alpha value is -1.96. The lowest BCUT2D eigenvalue weighted by Crippen LogP contribution is -2.53. The third kappa shape index (κ3) is 9.04. The second kappa shape index (κ2) is 16.9. The van der Waals surface area contributed by atoms with Crippen LogP contribution in [0.3, 0.4) is 0 Å². The first-order valence-corrected chi connectivity index (χ1v) is 17.8. The zero-order valence-corrected chi connectivity index (χ0v) is 28.3. The van der Waals surface area contributed by atoms with Crippen molar-refractivity contribution in [1.82, 2.24) is 20.0 Å². The highest BCUT2D eigenvalue weighted by molar-refractivity contribution is 7.99. The van der Waals surface area contributed by atoms with Gasteiger partial charge in [0.2, 0.25) is 0 Å². The fourth-order valence-corrected chi connectivity index (χ4v) is 8.54. The van der Waals surface area contributed by atoms with Crippen molar-refractivity contribution < 1.29 is 0 Å². The highest BCUT2D eigenvalue weighted by Crippen LogP contribution is 2.36. The largest absolute Gasteiger partial charge is 0.380 e. The molecule has 3 unspecified atom stereocenters. The first-order chi connectivity index (χ1) is 20.9. The van der Waals surface area contributed by atoms with Crippen LogP contribution in [0.2, 0.25) is 5.02 Å². The second-order valence-electron chi connectivity index (χ2n) is 12.4. The molecule has 43 heavy (non-hydrogen) atoms. The molecular weight excluding hydrogens is 570 g/mol. The molecule has 236 valence electrons. The summed E-state index contributed by atoms with van der Waals surface area (Å²) in [5, 5.41) is 5.27. The lowest BCUT2D eigenvalue weighted by Gasteiger charge is -2.44. The van der Waals surface area contributed by atoms with Crippen LogP contribution < -0.4 is 11.1 Å². The molecule has 3 atom stereocenters. The number of thioether (sulfide) groups is 1. The third-order valence-corrected chi connectivity index (χ3v) is 11.0. The Kier molecular flexibility index (Phi) is 13.4. The minimum absolute atomic E-state index is 0.0929. The van der Waals surface area contributed by atoms with Crippen LogP contribution >= 0.6 is 23.4 Å². The summed E-state index contributed by atoms with van der Waals surface area (Å²) in [7, 11) is 3.72. The van der Waals surface area contributed by atoms with Crippen LogP contribution in [-0.4, -0.2) is 72.6 Å². The maximum absolute atomic E-state index is 6.22. The predicted molar refractivity (Wildman–Crippen MR) is 187 cm³/mol. The summed E-state index contributed by atoms with van der Waals surface area (Å²) in [4.78, 5) is 7.73. The number of nitrogens with zero attached hydrogens (tertiary/aromatic N) is 3. The van der Waals surface area contributed by atoms with Crippen LogP contribution in [0.1, 0.15) is 67.7 Å². The Morgan fingerprint density at radius 2 is 1.63 bits per heavy atom. The number of fused-ring (bicyclic) bond motifs is 1. The van der Waals surface area contributed by atoms with Crippen molar-refractivity contribution in [3.8, 4) is 0 Å². The number of hydrogen-bond donors (Lipinski definition) is 2. The molecule has 1 saturated carbocycles. The zero-order chi connectivity index (χ0) is 30.8. The molecule has 3 N–H and O–H groups in total. The molecule has 2 aliphatic heterocycles. The van der Waals surface area contributed by atoms with Crippen LogP contribution in [0.4, 0.5) is 0 Å². The Balaban J connectivity index is 0.00000207. The molecule has 7 heteroatoms. The number of nitrogens with two attached hydrogens (primary N) is 1. The van der Waals surface area contributed by atoms with E-state index in [1.165, 1.54) is 68.0 Å². The quantitative estimate of drug-likeness (QED) is 0.256. The van der Waals surface area contributed by atoms with Crippen molar-refractivity contribution >= 4 is 23.4 Å². The molecule has 2 aromatic carbocycles. The van der Waals surface area contributed by atoms with Crippen LogP contribution in [0.15, 0.2) is 73.1 Å². The minimum Gasteiger partial charge on any atom is -0.380 e. The van der Waals surface area contributed by atoms with E-state index in [1.54, 1.807) is 0 Å². The van der Waals surface area contributed by atoms with Crippen LogP contribution in [0, 0.1) is 5.92 Å². The van der Waals surface area contributed by atoms with Crippen LogP contribution in [-0.2, 0) is 13.0 Å². The molecule has 1 aliphatic carbocycles. The summed E-state index contributed by atoms with van der Waals surface area (Å²) in [6.45, 7) is 14.5. The van der Waals surface area contributed by atoms with E-state index in [0.717, 1.165) is 62.2 Å². The van der Waals surface area contributed by atoms with Crippen molar-refractivity contribution in [2.75, 3.05) is 46.5 Å². The maximum atomic E-state index is 6.22. The van der Waals surface area contributed by atoms with Crippen molar-refractivity contribution in [2.24, 2.45) is 11.7 Å². The van der Waals surface area contributed by atoms with E-state index in [1.807, 2.05) is 12.1 Å². The average Bonchev–Trinajstić information content (AvgIpc) is 3.17. The molecule has 1 saturated heterocycles. The van der Waals surface area contributed by atoms with E-state index in [2.05, 4.69) is 100 Å². The summed E-state index contributed by atoms with van der Waals surface area (Å²) < 4.78 is 0. The molecule has 5 nitrogen and oxygen atoms in total. The van der Waals surface area contributed by atoms with Crippen molar-refractivity contribution in [3.63, 3.8) is 0 Å². The van der Waals surface area contributed by atoms with Gasteiger partial charge in [-0.15, -0.1) is 11.8 Å². The van der Waals surface area contributed by atoms with Crippen LogP contribution in [0.5, 0.6) is 0 Å². The van der Waals surface area contributed by atoms with Gasteiger partial charge in [-0.2, -0.15) is 0 Å². The standard InChI is InChI=1S/C35H49ClN4S.CH5N/c1-26(23-34-32-14-10-9-13-30(32)25-38(34)3)37-33(24-28-15-17-31(36)18-16-28)27(2)39-19-21-40(22-20-39)35(41-4)29-11-7-5-6-8-12-29;1-2/h9-10,13-18,29,33-35,37H,1-2,5-8,11-12,19-25H2,3-4H3;2H2,1H3. The lowest BCUT2D eigenvalue weighted by molar-refractivity contribution is 0.116. The molecular formula is C36H54ClN5S. The van der Waals surface area contributed by atoms with Crippen molar-refractivity contribution in [1.29, 1.82) is 0 Å². The normalized spacial score (nSPS) is 21.2. The smallest absolute Gasteiger partial charge is 0.0692 e. The van der Waals surface area contributed by atoms with Gasteiger partial charge in [0, 0.05) is 61.6 Å². The fraction of sp³-hybridized carbons (Fsp3) is 0.556. The fourth-order valence-electron chi connectivity index (χ4n) is 7.25. The first kappa shape index (κ1) is 33.9. The highest BCUT2D eigenvalue weighted by Gasteiger charge is 2.32. The first-order valence-electron chi connectivity index (χ1n) is 16.2. The summed E-state index contributed by atoms with van der Waals surface area (Å²) in [6.07, 6.45) is 12.5. The summed E-state index contributed by atoms with van der Waals surface area (Å²) >= 11 is 8.29. The topological polar surface area (TPSA) is 47.8 Å². The number of nitrogens with one attached hydrogen (secondary N) is 1. The predicted octanol–water partition coefficient (Wildman–Crippen LogP) is 7.30. The molecule has 0 aromatic heterocycles. The number of benzene rings is 2. The monoisotopic (exact) mass is 623 g/mol. The molecule has 2 heterocycles. The third-order valence-electron chi connectivity index (χ3n) is 9.56. The van der Waals surface area contributed by atoms with Gasteiger partial charge in [0.15, 0.2) is 0 Å². The summed E-state index contributed by atoms with van der Waals surface area (Å²) in [5.41, 5.74) is 10.9. The number of rotatable bonds is 11. The van der Waals surface area contributed by atoms with Gasteiger partial charge >= 0.3 is 0 Å². The van der Waals surface area contributed by atoms with E-state index in [9.17, 15) is 0 Å². The Morgan fingerprint density at radius 1 is 0.977 bits per heavy atom. The molecule has 0 amide bonds. The van der Waals surface area contributed by atoms with Gasteiger partial charge in [-0.3, -0.25) is 9.80 Å². The maximum Gasteiger partial charge on any atom is 0.0692 e. The van der Waals surface area contributed by atoms with Gasteiger partial charge in [0.05, 0.1) is 11.4 Å². The molecule has 3 aliphatic rings. The highest BCUT2D eigenvalue weighted by atomic mass is 35.5. The Morgan fingerprint density at radius 3 is 2.28 bits per heavy atom. The molecule has 2 aromatic rings. The summed E-state index contributed by atoms with van der Waals surface area (Å²) in [6, 6.07) is 17.5. The van der Waals surface area contributed by atoms with E-state index in [-0.39, 0.29) is 6.04 Å². The zero-order valence-electron chi connectivity index (χ0n) is 26.7. The van der Waals surface area contributed by atoms with Crippen molar-refractivity contribution in [3.05, 3.63) is 94.8 Å². The van der Waals surface area contributed by atoms with Gasteiger partial charge in [-0.1, -0.05) is 86.8 Å². The summed E-state index contributed by atoms with van der Waals surface area (Å²) in [5.74, 6) is 0.837. The number of halogens is 1. The second-order valence-corrected chi connectivity index (χ2v) is 13.7. The Bertz CT molecular complexity index is 1150. The molecule has 0 bridgehead atoms. The average molecular weight is 624 g/mol.